The number of nitrogens with zero attached hydrogens (tertiary/aromatic N) is 2. The van der Waals surface area contributed by atoms with Gasteiger partial charge in [0.05, 0.1) is 0 Å². The van der Waals surface area contributed by atoms with Crippen LogP contribution in [0.2, 0.25) is 0 Å². The van der Waals surface area contributed by atoms with E-state index in [0.29, 0.717) is 6.04 Å². The molecular formula is C11H19N3OS. The van der Waals surface area contributed by atoms with E-state index in [1.807, 2.05) is 12.4 Å². The van der Waals surface area contributed by atoms with E-state index in [9.17, 15) is 0 Å². The molecule has 0 atom stereocenters. The summed E-state index contributed by atoms with van der Waals surface area (Å²) in [5.41, 5.74) is 1.10. The van der Waals surface area contributed by atoms with Gasteiger partial charge in [-0.2, -0.15) is 0 Å². The van der Waals surface area contributed by atoms with Crippen LogP contribution in [0.15, 0.2) is 17.6 Å². The molecule has 0 unspecified atom stereocenters. The summed E-state index contributed by atoms with van der Waals surface area (Å²) in [7, 11) is 0. The minimum absolute atomic E-state index is 0.226. The van der Waals surface area contributed by atoms with Gasteiger partial charge in [-0.3, -0.25) is 0 Å². The van der Waals surface area contributed by atoms with Crippen molar-refractivity contribution in [1.29, 1.82) is 0 Å². The Labute approximate surface area is 101 Å². The fourth-order valence-corrected chi connectivity index (χ4v) is 1.77. The van der Waals surface area contributed by atoms with Crippen LogP contribution in [-0.4, -0.2) is 33.5 Å². The Balaban J connectivity index is 2.35. The van der Waals surface area contributed by atoms with E-state index in [-0.39, 0.29) is 6.61 Å². The average molecular weight is 241 g/mol. The van der Waals surface area contributed by atoms with Gasteiger partial charge >= 0.3 is 0 Å². The maximum atomic E-state index is 8.65. The third-order valence-electron chi connectivity index (χ3n) is 1.93. The molecule has 0 aliphatic rings. The number of rotatable bonds is 7. The van der Waals surface area contributed by atoms with Crippen molar-refractivity contribution in [2.24, 2.45) is 0 Å². The summed E-state index contributed by atoms with van der Waals surface area (Å²) < 4.78 is 0. The number of aromatic nitrogens is 2. The number of hydrogen-bond acceptors (Lipinski definition) is 5. The SMILES string of the molecule is CC(C)NCc1cnc(SCCCO)nc1. The van der Waals surface area contributed by atoms with Crippen molar-refractivity contribution in [3.63, 3.8) is 0 Å². The molecule has 1 rings (SSSR count). The molecule has 0 saturated carbocycles. The van der Waals surface area contributed by atoms with Gasteiger partial charge in [-0.15, -0.1) is 0 Å². The fourth-order valence-electron chi connectivity index (χ4n) is 1.06. The first-order valence-corrected chi connectivity index (χ1v) is 6.49. The fraction of sp³-hybridized carbons (Fsp3) is 0.636. The zero-order chi connectivity index (χ0) is 11.8. The first-order valence-electron chi connectivity index (χ1n) is 5.50. The molecule has 1 aromatic heterocycles. The highest BCUT2D eigenvalue weighted by molar-refractivity contribution is 7.99. The van der Waals surface area contributed by atoms with Gasteiger partial charge in [0.1, 0.15) is 0 Å². The zero-order valence-corrected chi connectivity index (χ0v) is 10.6. The summed E-state index contributed by atoms with van der Waals surface area (Å²) in [4.78, 5) is 8.52. The second-order valence-electron chi connectivity index (χ2n) is 3.84. The Bertz CT molecular complexity index is 290. The number of thioether (sulfide) groups is 1. The molecule has 0 bridgehead atoms. The lowest BCUT2D eigenvalue weighted by molar-refractivity contribution is 0.296. The molecule has 5 heteroatoms. The molecule has 0 spiro atoms. The minimum Gasteiger partial charge on any atom is -0.396 e. The summed E-state index contributed by atoms with van der Waals surface area (Å²) in [5, 5.41) is 12.7. The minimum atomic E-state index is 0.226. The van der Waals surface area contributed by atoms with Gasteiger partial charge in [-0.1, -0.05) is 25.6 Å². The number of hydrogen-bond donors (Lipinski definition) is 2. The molecular weight excluding hydrogens is 222 g/mol. The second kappa shape index (κ2) is 7.60. The van der Waals surface area contributed by atoms with Gasteiger partial charge < -0.3 is 10.4 Å². The van der Waals surface area contributed by atoms with E-state index in [4.69, 9.17) is 5.11 Å². The molecule has 0 saturated heterocycles. The van der Waals surface area contributed by atoms with Gasteiger partial charge in [0.2, 0.25) is 0 Å². The quantitative estimate of drug-likeness (QED) is 0.430. The van der Waals surface area contributed by atoms with E-state index in [1.54, 1.807) is 11.8 Å². The molecule has 0 fully saturated rings. The second-order valence-corrected chi connectivity index (χ2v) is 4.90. The molecule has 0 aliphatic carbocycles. The molecule has 90 valence electrons. The maximum Gasteiger partial charge on any atom is 0.187 e. The van der Waals surface area contributed by atoms with Crippen LogP contribution in [-0.2, 0) is 6.54 Å². The van der Waals surface area contributed by atoms with E-state index >= 15 is 0 Å². The van der Waals surface area contributed by atoms with Crippen LogP contribution in [0.5, 0.6) is 0 Å². The standard InChI is InChI=1S/C11H19N3OS/c1-9(2)12-6-10-7-13-11(14-8-10)16-5-3-4-15/h7-9,12,15H,3-6H2,1-2H3. The average Bonchev–Trinajstić information content (AvgIpc) is 2.28. The highest BCUT2D eigenvalue weighted by Gasteiger charge is 1.99. The maximum absolute atomic E-state index is 8.65. The molecule has 4 nitrogen and oxygen atoms in total. The monoisotopic (exact) mass is 241 g/mol. The molecule has 16 heavy (non-hydrogen) atoms. The third-order valence-corrected chi connectivity index (χ3v) is 2.89. The van der Waals surface area contributed by atoms with Gasteiger partial charge in [-0.25, -0.2) is 9.97 Å². The van der Waals surface area contributed by atoms with Crippen molar-refractivity contribution >= 4 is 11.8 Å². The predicted molar refractivity (Wildman–Crippen MR) is 66.4 cm³/mol. The Morgan fingerprint density at radius 1 is 1.38 bits per heavy atom. The van der Waals surface area contributed by atoms with Crippen LogP contribution in [0.4, 0.5) is 0 Å². The van der Waals surface area contributed by atoms with Crippen LogP contribution < -0.4 is 5.32 Å². The van der Waals surface area contributed by atoms with Gasteiger partial charge in [-0.05, 0) is 6.42 Å². The van der Waals surface area contributed by atoms with Crippen molar-refractivity contribution in [2.45, 2.75) is 38.0 Å². The summed E-state index contributed by atoms with van der Waals surface area (Å²) in [5.74, 6) is 0.861. The van der Waals surface area contributed by atoms with E-state index in [2.05, 4.69) is 29.1 Å². The van der Waals surface area contributed by atoms with Gasteiger partial charge in [0.15, 0.2) is 5.16 Å². The molecule has 0 aliphatic heterocycles. The molecule has 0 aromatic carbocycles. The Kier molecular flexibility index (Phi) is 6.37. The topological polar surface area (TPSA) is 58.0 Å². The third kappa shape index (κ3) is 5.44. The van der Waals surface area contributed by atoms with E-state index in [0.717, 1.165) is 29.4 Å². The van der Waals surface area contributed by atoms with Crippen LogP contribution in [0.3, 0.4) is 0 Å². The smallest absolute Gasteiger partial charge is 0.187 e. The molecule has 0 radical (unpaired) electrons. The molecule has 1 aromatic rings. The normalized spacial score (nSPS) is 11.0. The summed E-state index contributed by atoms with van der Waals surface area (Å²) in [6.07, 6.45) is 4.48. The Hall–Kier alpha value is -0.650. The zero-order valence-electron chi connectivity index (χ0n) is 9.81. The largest absolute Gasteiger partial charge is 0.396 e. The molecule has 2 N–H and O–H groups in total. The Morgan fingerprint density at radius 2 is 2.06 bits per heavy atom. The summed E-state index contributed by atoms with van der Waals surface area (Å²) in [6, 6.07) is 0.471. The Morgan fingerprint density at radius 3 is 2.62 bits per heavy atom. The molecule has 0 amide bonds. The summed E-state index contributed by atoms with van der Waals surface area (Å²) in [6.45, 7) is 5.25. The van der Waals surface area contributed by atoms with Crippen molar-refractivity contribution in [3.05, 3.63) is 18.0 Å². The summed E-state index contributed by atoms with van der Waals surface area (Å²) >= 11 is 1.58. The lowest BCUT2D eigenvalue weighted by Gasteiger charge is -2.07. The molecule has 1 heterocycles. The number of aliphatic hydroxyl groups is 1. The number of nitrogens with one attached hydrogen (secondary N) is 1. The highest BCUT2D eigenvalue weighted by atomic mass is 32.2. The van der Waals surface area contributed by atoms with Gasteiger partial charge in [0, 0.05) is 42.9 Å². The van der Waals surface area contributed by atoms with E-state index < -0.39 is 0 Å². The van der Waals surface area contributed by atoms with Crippen molar-refractivity contribution in [1.82, 2.24) is 15.3 Å². The first kappa shape index (κ1) is 13.4. The lowest BCUT2D eigenvalue weighted by atomic mass is 10.3. The van der Waals surface area contributed by atoms with Crippen LogP contribution in [0, 0.1) is 0 Å². The van der Waals surface area contributed by atoms with Crippen molar-refractivity contribution < 1.29 is 5.11 Å². The lowest BCUT2D eigenvalue weighted by Crippen LogP contribution is -2.21. The van der Waals surface area contributed by atoms with E-state index in [1.165, 1.54) is 0 Å². The van der Waals surface area contributed by atoms with Crippen molar-refractivity contribution in [3.8, 4) is 0 Å². The van der Waals surface area contributed by atoms with Crippen molar-refractivity contribution in [2.75, 3.05) is 12.4 Å². The highest BCUT2D eigenvalue weighted by Crippen LogP contribution is 2.12. The van der Waals surface area contributed by atoms with Gasteiger partial charge in [0.25, 0.3) is 0 Å². The predicted octanol–water partition coefficient (Wildman–Crippen LogP) is 1.45. The van der Waals surface area contributed by atoms with Crippen LogP contribution >= 0.6 is 11.8 Å². The van der Waals surface area contributed by atoms with Crippen LogP contribution in [0.1, 0.15) is 25.8 Å². The number of aliphatic hydroxyl groups excluding tert-OH is 1. The van der Waals surface area contributed by atoms with Crippen LogP contribution in [0.25, 0.3) is 0 Å². The first-order chi connectivity index (χ1) is 7.72.